The molecule has 1 aromatic rings. The summed E-state index contributed by atoms with van der Waals surface area (Å²) < 4.78 is 18.4. The van der Waals surface area contributed by atoms with Gasteiger partial charge in [0.25, 0.3) is 0 Å². The molecule has 1 rings (SSSR count). The molecule has 1 amide bonds. The molecule has 5 heteroatoms. The van der Waals surface area contributed by atoms with Crippen LogP contribution in [0.15, 0.2) is 18.2 Å². The Morgan fingerprint density at radius 1 is 1.50 bits per heavy atom. The summed E-state index contributed by atoms with van der Waals surface area (Å²) in [6, 6.07) is 4.67. The topological polar surface area (TPSA) is 64.3 Å². The fourth-order valence-electron chi connectivity index (χ4n) is 1.84. The molecule has 0 heterocycles. The lowest BCUT2D eigenvalue weighted by atomic mass is 10.1. The highest BCUT2D eigenvalue weighted by Gasteiger charge is 2.13. The van der Waals surface area contributed by atoms with E-state index in [2.05, 4.69) is 5.32 Å². The van der Waals surface area contributed by atoms with Gasteiger partial charge in [0.15, 0.2) is 11.6 Å². The molecule has 0 fully saturated rings. The number of benzene rings is 1. The Morgan fingerprint density at radius 2 is 2.17 bits per heavy atom. The first kappa shape index (κ1) is 14.4. The van der Waals surface area contributed by atoms with Crippen LogP contribution in [0, 0.1) is 5.82 Å². The Morgan fingerprint density at radius 3 is 2.67 bits per heavy atom. The van der Waals surface area contributed by atoms with Crippen molar-refractivity contribution in [1.82, 2.24) is 5.32 Å². The van der Waals surface area contributed by atoms with Crippen molar-refractivity contribution in [1.29, 1.82) is 0 Å². The number of carbonyl (C=O) groups excluding carboxylic acids is 1. The van der Waals surface area contributed by atoms with Crippen molar-refractivity contribution in [2.24, 2.45) is 5.73 Å². The highest BCUT2D eigenvalue weighted by atomic mass is 19.1. The largest absolute Gasteiger partial charge is 0.494 e. The predicted molar refractivity (Wildman–Crippen MR) is 67.8 cm³/mol. The lowest BCUT2D eigenvalue weighted by Gasteiger charge is -2.19. The number of nitrogens with one attached hydrogen (secondary N) is 1. The molecule has 2 atom stereocenters. The summed E-state index contributed by atoms with van der Waals surface area (Å²) in [5.41, 5.74) is 5.91. The second-order valence-electron chi connectivity index (χ2n) is 4.35. The summed E-state index contributed by atoms with van der Waals surface area (Å²) >= 11 is 0. The Bertz CT molecular complexity index is 423. The van der Waals surface area contributed by atoms with E-state index in [0.29, 0.717) is 0 Å². The third kappa shape index (κ3) is 4.00. The van der Waals surface area contributed by atoms with E-state index in [4.69, 9.17) is 10.5 Å². The number of methoxy groups -OCH3 is 1. The van der Waals surface area contributed by atoms with Crippen LogP contribution in [-0.4, -0.2) is 19.1 Å². The van der Waals surface area contributed by atoms with E-state index in [1.54, 1.807) is 12.1 Å². The van der Waals surface area contributed by atoms with Crippen molar-refractivity contribution in [3.8, 4) is 5.75 Å². The van der Waals surface area contributed by atoms with Gasteiger partial charge in [-0.3, -0.25) is 4.79 Å². The van der Waals surface area contributed by atoms with Crippen LogP contribution in [0.5, 0.6) is 5.75 Å². The summed E-state index contributed by atoms with van der Waals surface area (Å²) in [5, 5.41) is 3.18. The molecule has 0 bridgehead atoms. The average molecular weight is 254 g/mol. The molecule has 3 N–H and O–H groups in total. The number of hydrogen-bond donors (Lipinski definition) is 2. The van der Waals surface area contributed by atoms with Gasteiger partial charge in [0.1, 0.15) is 0 Å². The van der Waals surface area contributed by atoms with Gasteiger partial charge in [-0.1, -0.05) is 6.07 Å². The minimum atomic E-state index is -0.397. The van der Waals surface area contributed by atoms with Crippen LogP contribution in [0.1, 0.15) is 31.9 Å². The van der Waals surface area contributed by atoms with Crippen LogP contribution in [-0.2, 0) is 4.79 Å². The molecular weight excluding hydrogens is 235 g/mol. The van der Waals surface area contributed by atoms with Gasteiger partial charge in [0.2, 0.25) is 5.91 Å². The van der Waals surface area contributed by atoms with Crippen molar-refractivity contribution >= 4 is 5.91 Å². The molecule has 0 aliphatic rings. The van der Waals surface area contributed by atoms with Gasteiger partial charge in [-0.2, -0.15) is 0 Å². The second kappa shape index (κ2) is 6.35. The summed E-state index contributed by atoms with van der Waals surface area (Å²) in [4.78, 5) is 10.8. The standard InChI is InChI=1S/C13H19FN2O2/c1-8(6-13(15)17)16-9(2)10-4-5-12(18-3)11(14)7-10/h4-5,7-9,16H,6H2,1-3H3,(H2,15,17). The number of ether oxygens (including phenoxy) is 1. The highest BCUT2D eigenvalue weighted by Crippen LogP contribution is 2.22. The van der Waals surface area contributed by atoms with Gasteiger partial charge in [-0.15, -0.1) is 0 Å². The lowest BCUT2D eigenvalue weighted by Crippen LogP contribution is -2.32. The second-order valence-corrected chi connectivity index (χ2v) is 4.35. The molecule has 4 nitrogen and oxygen atoms in total. The van der Waals surface area contributed by atoms with Crippen LogP contribution < -0.4 is 15.8 Å². The van der Waals surface area contributed by atoms with Crippen molar-refractivity contribution < 1.29 is 13.9 Å². The maximum atomic E-state index is 13.5. The van der Waals surface area contributed by atoms with Gasteiger partial charge in [-0.25, -0.2) is 4.39 Å². The lowest BCUT2D eigenvalue weighted by molar-refractivity contribution is -0.118. The number of hydrogen-bond acceptors (Lipinski definition) is 3. The Kier molecular flexibility index (Phi) is 5.09. The Hall–Kier alpha value is -1.62. The van der Waals surface area contributed by atoms with Gasteiger partial charge in [0.05, 0.1) is 7.11 Å². The van der Waals surface area contributed by atoms with E-state index >= 15 is 0 Å². The SMILES string of the molecule is COc1ccc(C(C)NC(C)CC(N)=O)cc1F. The van der Waals surface area contributed by atoms with Crippen molar-refractivity contribution in [3.05, 3.63) is 29.6 Å². The maximum absolute atomic E-state index is 13.5. The van der Waals surface area contributed by atoms with Gasteiger partial charge in [0, 0.05) is 18.5 Å². The number of rotatable bonds is 6. The maximum Gasteiger partial charge on any atom is 0.218 e. The van der Waals surface area contributed by atoms with E-state index in [-0.39, 0.29) is 30.2 Å². The zero-order valence-corrected chi connectivity index (χ0v) is 10.9. The molecule has 0 aliphatic carbocycles. The first-order valence-corrected chi connectivity index (χ1v) is 5.81. The van der Waals surface area contributed by atoms with Gasteiger partial charge >= 0.3 is 0 Å². The van der Waals surface area contributed by atoms with Crippen LogP contribution in [0.2, 0.25) is 0 Å². The van der Waals surface area contributed by atoms with E-state index in [9.17, 15) is 9.18 Å². The highest BCUT2D eigenvalue weighted by molar-refractivity contribution is 5.74. The first-order chi connectivity index (χ1) is 8.43. The molecule has 2 unspecified atom stereocenters. The first-order valence-electron chi connectivity index (χ1n) is 5.81. The third-order valence-corrected chi connectivity index (χ3v) is 2.72. The van der Waals surface area contributed by atoms with Crippen LogP contribution in [0.25, 0.3) is 0 Å². The fourth-order valence-corrected chi connectivity index (χ4v) is 1.84. The Labute approximate surface area is 106 Å². The smallest absolute Gasteiger partial charge is 0.218 e. The van der Waals surface area contributed by atoms with Crippen molar-refractivity contribution in [2.75, 3.05) is 7.11 Å². The molecule has 0 saturated carbocycles. The number of amides is 1. The fraction of sp³-hybridized carbons (Fsp3) is 0.462. The van der Waals surface area contributed by atoms with Crippen molar-refractivity contribution in [3.63, 3.8) is 0 Å². The normalized spacial score (nSPS) is 14.0. The molecule has 18 heavy (non-hydrogen) atoms. The van der Waals surface area contributed by atoms with Crippen LogP contribution in [0.4, 0.5) is 4.39 Å². The van der Waals surface area contributed by atoms with Crippen molar-refractivity contribution in [2.45, 2.75) is 32.4 Å². The summed E-state index contributed by atoms with van der Waals surface area (Å²) in [6.45, 7) is 3.76. The third-order valence-electron chi connectivity index (χ3n) is 2.72. The molecule has 0 saturated heterocycles. The molecule has 100 valence electrons. The van der Waals surface area contributed by atoms with Crippen LogP contribution in [0.3, 0.4) is 0 Å². The molecule has 1 aromatic carbocycles. The summed E-state index contributed by atoms with van der Waals surface area (Å²) in [7, 11) is 1.43. The molecule has 0 spiro atoms. The quantitative estimate of drug-likeness (QED) is 0.813. The average Bonchev–Trinajstić information content (AvgIpc) is 2.27. The zero-order valence-electron chi connectivity index (χ0n) is 10.9. The number of carbonyl (C=O) groups is 1. The molecule has 0 aliphatic heterocycles. The van der Waals surface area contributed by atoms with Gasteiger partial charge in [-0.05, 0) is 31.5 Å². The van der Waals surface area contributed by atoms with Gasteiger partial charge < -0.3 is 15.8 Å². The number of primary amides is 1. The molecular formula is C13H19FN2O2. The van der Waals surface area contributed by atoms with E-state index in [1.807, 2.05) is 13.8 Å². The van der Waals surface area contributed by atoms with E-state index in [0.717, 1.165) is 5.56 Å². The molecule has 0 aromatic heterocycles. The van der Waals surface area contributed by atoms with Crippen LogP contribution >= 0.6 is 0 Å². The van der Waals surface area contributed by atoms with E-state index in [1.165, 1.54) is 13.2 Å². The minimum Gasteiger partial charge on any atom is -0.494 e. The van der Waals surface area contributed by atoms with E-state index < -0.39 is 5.82 Å². The summed E-state index contributed by atoms with van der Waals surface area (Å²) in [5.74, 6) is -0.537. The molecule has 0 radical (unpaired) electrons. The monoisotopic (exact) mass is 254 g/mol. The summed E-state index contributed by atoms with van der Waals surface area (Å²) in [6.07, 6.45) is 0.253. The predicted octanol–water partition coefficient (Wildman–Crippen LogP) is 1.75. The zero-order chi connectivity index (χ0) is 13.7. The number of nitrogens with two attached hydrogens (primary N) is 1. The number of halogens is 1. The minimum absolute atomic E-state index is 0.0531. The Balaban J connectivity index is 2.69.